The van der Waals surface area contributed by atoms with Crippen LogP contribution in [0.4, 0.5) is 11.4 Å². The first-order valence-corrected chi connectivity index (χ1v) is 10.5. The topological polar surface area (TPSA) is 83.0 Å². The number of nitrogens with zero attached hydrogens (tertiary/aromatic N) is 3. The molecule has 27 heavy (non-hydrogen) atoms. The van der Waals surface area contributed by atoms with Crippen molar-refractivity contribution >= 4 is 29.0 Å². The van der Waals surface area contributed by atoms with Crippen LogP contribution < -0.4 is 15.9 Å². The molecule has 146 valence electrons. The fourth-order valence-corrected chi connectivity index (χ4v) is 3.98. The first kappa shape index (κ1) is 19.5. The maximum absolute atomic E-state index is 12.3. The Kier molecular flexibility index (Phi) is 6.60. The number of amides is 1. The van der Waals surface area contributed by atoms with Gasteiger partial charge in [0, 0.05) is 31.0 Å². The number of benzene rings is 1. The summed E-state index contributed by atoms with van der Waals surface area (Å²) in [5.74, 6) is 0.110. The van der Waals surface area contributed by atoms with E-state index in [4.69, 9.17) is 0 Å². The van der Waals surface area contributed by atoms with Crippen molar-refractivity contribution in [1.29, 1.82) is 0 Å². The molecule has 1 aromatic heterocycles. The predicted molar refractivity (Wildman–Crippen MR) is 110 cm³/mol. The van der Waals surface area contributed by atoms with Gasteiger partial charge in [-0.15, -0.1) is 5.10 Å². The van der Waals surface area contributed by atoms with Crippen molar-refractivity contribution in [3.63, 3.8) is 0 Å². The van der Waals surface area contributed by atoms with Gasteiger partial charge in [-0.2, -0.15) is 0 Å². The van der Waals surface area contributed by atoms with Crippen molar-refractivity contribution in [3.8, 4) is 0 Å². The van der Waals surface area contributed by atoms with Crippen molar-refractivity contribution in [3.05, 3.63) is 34.2 Å². The van der Waals surface area contributed by atoms with E-state index in [1.807, 2.05) is 13.0 Å². The Balaban J connectivity index is 1.57. The molecule has 1 aliphatic heterocycles. The van der Waals surface area contributed by atoms with Crippen molar-refractivity contribution < 1.29 is 4.79 Å². The number of thioether (sulfide) groups is 1. The zero-order chi connectivity index (χ0) is 19.2. The number of aromatic amines is 1. The second-order valence-corrected chi connectivity index (χ2v) is 7.79. The van der Waals surface area contributed by atoms with Gasteiger partial charge in [-0.05, 0) is 49.9 Å². The monoisotopic (exact) mass is 389 g/mol. The third-order valence-corrected chi connectivity index (χ3v) is 5.72. The van der Waals surface area contributed by atoms with Crippen molar-refractivity contribution in [1.82, 2.24) is 14.8 Å². The number of carbonyl (C=O) groups is 1. The van der Waals surface area contributed by atoms with Crippen LogP contribution in [0.25, 0.3) is 0 Å². The number of aromatic nitrogens is 3. The molecule has 0 saturated carbocycles. The number of aryl methyl sites for hydroxylation is 1. The molecule has 8 heteroatoms. The van der Waals surface area contributed by atoms with Crippen LogP contribution >= 0.6 is 11.8 Å². The lowest BCUT2D eigenvalue weighted by Crippen LogP contribution is -2.19. The molecule has 7 nitrogen and oxygen atoms in total. The van der Waals surface area contributed by atoms with E-state index < -0.39 is 0 Å². The van der Waals surface area contributed by atoms with Crippen LogP contribution in [0.3, 0.4) is 0 Å². The number of unbranched alkanes of at least 4 members (excludes halogenated alkanes) is 1. The standard InChI is InChI=1S/C19H27N5O2S/c1-3-4-11-24-18(26)21-22-19(24)27-13-17(25)20-16-8-7-15(12-14(16)2)23-9-5-6-10-23/h7-8,12H,3-6,9-11,13H2,1-2H3,(H,20,25)(H,21,26). The summed E-state index contributed by atoms with van der Waals surface area (Å²) < 4.78 is 1.59. The minimum Gasteiger partial charge on any atom is -0.372 e. The molecule has 0 radical (unpaired) electrons. The molecule has 0 spiro atoms. The minimum absolute atomic E-state index is 0.102. The first-order valence-electron chi connectivity index (χ1n) is 9.52. The van der Waals surface area contributed by atoms with E-state index in [2.05, 4.69) is 39.5 Å². The summed E-state index contributed by atoms with van der Waals surface area (Å²) in [5, 5.41) is 10.0. The van der Waals surface area contributed by atoms with Gasteiger partial charge in [-0.3, -0.25) is 9.36 Å². The molecule has 1 amide bonds. The molecule has 0 unspecified atom stereocenters. The summed E-state index contributed by atoms with van der Waals surface area (Å²) in [6, 6.07) is 6.17. The van der Waals surface area contributed by atoms with Crippen LogP contribution in [0.2, 0.25) is 0 Å². The van der Waals surface area contributed by atoms with Crippen LogP contribution in [-0.2, 0) is 11.3 Å². The second kappa shape index (κ2) is 9.12. The van der Waals surface area contributed by atoms with Gasteiger partial charge in [0.25, 0.3) is 0 Å². The number of hydrogen-bond acceptors (Lipinski definition) is 5. The molecule has 0 aliphatic carbocycles. The molecule has 2 heterocycles. The molecule has 1 fully saturated rings. The summed E-state index contributed by atoms with van der Waals surface area (Å²) in [6.45, 7) is 6.91. The molecule has 1 aliphatic rings. The Labute approximate surface area is 163 Å². The SMILES string of the molecule is CCCCn1c(SCC(=O)Nc2ccc(N3CCCC3)cc2C)n[nH]c1=O. The maximum atomic E-state index is 12.3. The highest BCUT2D eigenvalue weighted by Crippen LogP contribution is 2.25. The molecular weight excluding hydrogens is 362 g/mol. The van der Waals surface area contributed by atoms with Gasteiger partial charge in [0.2, 0.25) is 5.91 Å². The molecule has 0 bridgehead atoms. The molecular formula is C19H27N5O2S. The van der Waals surface area contributed by atoms with Crippen molar-refractivity contribution in [2.75, 3.05) is 29.1 Å². The first-order chi connectivity index (χ1) is 13.1. The summed E-state index contributed by atoms with van der Waals surface area (Å²) in [4.78, 5) is 26.5. The number of anilines is 2. The number of hydrogen-bond donors (Lipinski definition) is 2. The van der Waals surface area contributed by atoms with E-state index in [0.717, 1.165) is 37.2 Å². The largest absolute Gasteiger partial charge is 0.372 e. The van der Waals surface area contributed by atoms with Crippen LogP contribution in [0, 0.1) is 6.92 Å². The predicted octanol–water partition coefficient (Wildman–Crippen LogP) is 3.01. The van der Waals surface area contributed by atoms with Crippen LogP contribution in [0.15, 0.2) is 28.2 Å². The normalized spacial score (nSPS) is 13.9. The smallest absolute Gasteiger partial charge is 0.343 e. The van der Waals surface area contributed by atoms with Gasteiger partial charge >= 0.3 is 5.69 Å². The fourth-order valence-electron chi connectivity index (χ4n) is 3.20. The van der Waals surface area contributed by atoms with Gasteiger partial charge in [-0.1, -0.05) is 25.1 Å². The maximum Gasteiger partial charge on any atom is 0.343 e. The van der Waals surface area contributed by atoms with E-state index in [9.17, 15) is 9.59 Å². The van der Waals surface area contributed by atoms with E-state index in [1.54, 1.807) is 4.57 Å². The lowest BCUT2D eigenvalue weighted by molar-refractivity contribution is -0.113. The molecule has 0 atom stereocenters. The number of H-pyrrole nitrogens is 1. The van der Waals surface area contributed by atoms with Gasteiger partial charge in [0.1, 0.15) is 0 Å². The van der Waals surface area contributed by atoms with E-state index >= 15 is 0 Å². The zero-order valence-electron chi connectivity index (χ0n) is 16.0. The highest BCUT2D eigenvalue weighted by molar-refractivity contribution is 7.99. The summed E-state index contributed by atoms with van der Waals surface area (Å²) in [5.41, 5.74) is 2.87. The fraction of sp³-hybridized carbons (Fsp3) is 0.526. The molecule has 1 aromatic carbocycles. The lowest BCUT2D eigenvalue weighted by atomic mass is 10.1. The highest BCUT2D eigenvalue weighted by atomic mass is 32.2. The minimum atomic E-state index is -0.222. The van der Waals surface area contributed by atoms with E-state index in [0.29, 0.717) is 11.7 Å². The summed E-state index contributed by atoms with van der Waals surface area (Å²) >= 11 is 1.28. The lowest BCUT2D eigenvalue weighted by Gasteiger charge is -2.19. The Morgan fingerprint density at radius 2 is 2.11 bits per heavy atom. The van der Waals surface area contributed by atoms with Crippen LogP contribution in [0.5, 0.6) is 0 Å². The Morgan fingerprint density at radius 3 is 2.81 bits per heavy atom. The number of carbonyl (C=O) groups excluding carboxylic acids is 1. The third-order valence-electron chi connectivity index (χ3n) is 4.75. The highest BCUT2D eigenvalue weighted by Gasteiger charge is 2.15. The van der Waals surface area contributed by atoms with Crippen molar-refractivity contribution in [2.45, 2.75) is 51.2 Å². The van der Waals surface area contributed by atoms with Crippen molar-refractivity contribution in [2.24, 2.45) is 0 Å². The van der Waals surface area contributed by atoms with Gasteiger partial charge in [0.05, 0.1) is 5.75 Å². The zero-order valence-corrected chi connectivity index (χ0v) is 16.8. The molecule has 2 N–H and O–H groups in total. The van der Waals surface area contributed by atoms with Gasteiger partial charge in [0.15, 0.2) is 5.16 Å². The third kappa shape index (κ3) is 4.94. The van der Waals surface area contributed by atoms with Crippen LogP contribution in [0.1, 0.15) is 38.2 Å². The number of rotatable bonds is 8. The average molecular weight is 390 g/mol. The Bertz CT molecular complexity index is 839. The number of nitrogens with one attached hydrogen (secondary N) is 2. The molecule has 2 aromatic rings. The second-order valence-electron chi connectivity index (χ2n) is 6.85. The molecule has 3 rings (SSSR count). The summed E-state index contributed by atoms with van der Waals surface area (Å²) in [7, 11) is 0. The van der Waals surface area contributed by atoms with E-state index in [1.165, 1.54) is 30.3 Å². The molecule has 1 saturated heterocycles. The van der Waals surface area contributed by atoms with E-state index in [-0.39, 0.29) is 17.3 Å². The van der Waals surface area contributed by atoms with Gasteiger partial charge in [-0.25, -0.2) is 9.89 Å². The van der Waals surface area contributed by atoms with Gasteiger partial charge < -0.3 is 10.2 Å². The van der Waals surface area contributed by atoms with Crippen LogP contribution in [-0.4, -0.2) is 39.5 Å². The summed E-state index contributed by atoms with van der Waals surface area (Å²) in [6.07, 6.45) is 4.38. The Morgan fingerprint density at radius 1 is 1.33 bits per heavy atom. The quantitative estimate of drug-likeness (QED) is 0.678. The Hall–Kier alpha value is -2.22. The average Bonchev–Trinajstić information content (AvgIpc) is 3.30.